The third-order valence-corrected chi connectivity index (χ3v) is 26.4. The van der Waals surface area contributed by atoms with Crippen molar-refractivity contribution in [1.29, 1.82) is 0 Å². The summed E-state index contributed by atoms with van der Waals surface area (Å²) in [4.78, 5) is 88.9. The molecule has 19 rings (SSSR count). The van der Waals surface area contributed by atoms with Crippen LogP contribution in [0.2, 0.25) is 0 Å². The summed E-state index contributed by atoms with van der Waals surface area (Å²) in [5, 5.41) is 15.7. The second-order valence-corrected chi connectivity index (χ2v) is 43.4. The van der Waals surface area contributed by atoms with Gasteiger partial charge in [-0.25, -0.2) is 46.4 Å². The molecule has 27 nitrogen and oxygen atoms in total. The number of hydrogen-bond donors (Lipinski definition) is 4. The zero-order valence-corrected chi connectivity index (χ0v) is 94.0. The van der Waals surface area contributed by atoms with Crippen LogP contribution in [-0.4, -0.2) is 209 Å². The maximum absolute atomic E-state index is 13.6. The zero-order valence-electron chi connectivity index (χ0n) is 85.9. The van der Waals surface area contributed by atoms with Crippen molar-refractivity contribution in [2.75, 3.05) is 124 Å². The van der Waals surface area contributed by atoms with Crippen LogP contribution in [0.4, 0.5) is 63.9 Å². The number of rotatable bonds is 13. The quantitative estimate of drug-likeness (QED) is 0.0122. The summed E-state index contributed by atoms with van der Waals surface area (Å²) in [7, 11) is 1.29. The first kappa shape index (κ1) is 118. The van der Waals surface area contributed by atoms with E-state index in [2.05, 4.69) is 205 Å². The van der Waals surface area contributed by atoms with Crippen molar-refractivity contribution in [1.82, 2.24) is 43.6 Å². The number of hydrogen-bond acceptors (Lipinski definition) is 19. The van der Waals surface area contributed by atoms with Crippen molar-refractivity contribution in [3.63, 3.8) is 0 Å². The molecule has 0 bridgehead atoms. The minimum Gasteiger partial charge on any atom is 0 e. The van der Waals surface area contributed by atoms with Crippen LogP contribution in [0.5, 0.6) is 0 Å². The van der Waals surface area contributed by atoms with Crippen molar-refractivity contribution in [3.8, 4) is 0 Å². The Kier molecular flexibility index (Phi) is 44.1. The number of anilines is 4. The van der Waals surface area contributed by atoms with Crippen molar-refractivity contribution >= 4 is 189 Å². The Morgan fingerprint density at radius 2 is 0.760 bits per heavy atom. The molecule has 0 aliphatic carbocycles. The SMILES string of the molecule is Brc1cccc2[nH]ccc12.CC(C)(C)OC(=O)N1CCN(c2cccc3c2CC(=O)N3Cc2cccc(F)c2)CC1.CC(C)(C)OC(=O)N1CCN(c2cccc3c2c(Br)cn3Cc2cccc(F)c2)CC1.CC(C)(C)OC(=O)N1CCN(c2cccc3c2ccn3Cc2cccc(F)c2)CC1.CC(C)(C)OC(=O)N1CCNCC1.Fc1cccc(CBr)c1.Fc1cccc(Cn2ccc3c(Br)cccc32)c1.O=[P+]([O-])OO.[B]=NS.[HH]. The molecule has 4 aromatic heterocycles. The van der Waals surface area contributed by atoms with Gasteiger partial charge < -0.3 is 87.0 Å². The van der Waals surface area contributed by atoms with E-state index in [9.17, 15) is 45.9 Å². The molecule has 797 valence electrons. The number of alkyl halides is 1. The first-order valence-corrected chi connectivity index (χ1v) is 53.7. The Bertz CT molecular complexity index is 6900. The molecule has 3 N–H and O–H groups in total. The number of halogens is 9. The van der Waals surface area contributed by atoms with Crippen molar-refractivity contribution in [2.45, 2.75) is 143 Å². The van der Waals surface area contributed by atoms with Gasteiger partial charge in [0.1, 0.15) is 51.5 Å². The Morgan fingerprint density at radius 1 is 0.427 bits per heavy atom. The second kappa shape index (κ2) is 55.9. The average molecular weight is 2350 g/mol. The molecule has 10 aromatic carbocycles. The number of amides is 5. The fourth-order valence-electron chi connectivity index (χ4n) is 17.0. The molecule has 4 saturated heterocycles. The third kappa shape index (κ3) is 36.1. The van der Waals surface area contributed by atoms with Gasteiger partial charge in [-0.1, -0.05) is 139 Å². The van der Waals surface area contributed by atoms with E-state index in [1.165, 1.54) is 64.1 Å². The first-order valence-electron chi connectivity index (χ1n) is 48.7. The number of nitrogens with zero attached hydrogens (tertiary/aromatic N) is 12. The van der Waals surface area contributed by atoms with Crippen molar-refractivity contribution < 1.29 is 85.7 Å². The molecular weight excluding hydrogens is 2230 g/mol. The van der Waals surface area contributed by atoms with E-state index >= 15 is 0 Å². The normalized spacial score (nSPS) is 14.1. The molecule has 1 unspecified atom stereocenters. The number of carbonyl (C=O) groups is 5. The van der Waals surface area contributed by atoms with E-state index in [0.29, 0.717) is 90.3 Å². The molecular formula is C111H128BBr4F5N14O13PS. The smallest absolute Gasteiger partial charge is 0 e. The molecule has 14 aromatic rings. The van der Waals surface area contributed by atoms with Gasteiger partial charge in [-0.05, 0) is 271 Å². The number of aromatic nitrogens is 4. The Balaban J connectivity index is 0.000000184. The number of H-pyrrole nitrogens is 1. The third-order valence-electron chi connectivity index (χ3n) is 23.6. The molecule has 9 heterocycles. The van der Waals surface area contributed by atoms with Crippen LogP contribution < -0.4 is 29.8 Å². The van der Waals surface area contributed by atoms with Crippen molar-refractivity contribution in [2.24, 2.45) is 4.30 Å². The van der Waals surface area contributed by atoms with Gasteiger partial charge in [-0.15, -0.1) is 0 Å². The van der Waals surface area contributed by atoms with Crippen LogP contribution in [0.25, 0.3) is 43.6 Å². The van der Waals surface area contributed by atoms with E-state index in [0.717, 1.165) is 144 Å². The van der Waals surface area contributed by atoms with Gasteiger partial charge in [-0.3, -0.25) is 4.79 Å². The Labute approximate surface area is 914 Å². The maximum atomic E-state index is 13.6. The van der Waals surface area contributed by atoms with Gasteiger partial charge in [0.2, 0.25) is 5.91 Å². The molecule has 5 amide bonds. The van der Waals surface area contributed by atoms with Crippen LogP contribution in [0, 0.1) is 29.1 Å². The summed E-state index contributed by atoms with van der Waals surface area (Å²) >= 11 is 17.1. The second-order valence-electron chi connectivity index (χ2n) is 39.4. The van der Waals surface area contributed by atoms with Crippen LogP contribution in [0.15, 0.2) is 273 Å². The van der Waals surface area contributed by atoms with E-state index in [-0.39, 0.29) is 66.4 Å². The first-order chi connectivity index (χ1) is 71.3. The molecule has 39 heteroatoms. The van der Waals surface area contributed by atoms with E-state index in [1.54, 1.807) is 73.0 Å². The summed E-state index contributed by atoms with van der Waals surface area (Å²) in [6, 6.07) is 69.9. The number of benzene rings is 10. The number of carbonyl (C=O) groups excluding carboxylic acids is 5. The van der Waals surface area contributed by atoms with Crippen LogP contribution in [-0.2, 0) is 70.9 Å². The van der Waals surface area contributed by atoms with Gasteiger partial charge in [0, 0.05) is 235 Å². The molecule has 1 atom stereocenters. The van der Waals surface area contributed by atoms with Crippen LogP contribution in [0.3, 0.4) is 0 Å². The molecule has 5 aliphatic rings. The maximum Gasteiger partial charge on any atom is 0 e. The Morgan fingerprint density at radius 3 is 1.17 bits per heavy atom. The number of ether oxygens (including phenoxy) is 4. The van der Waals surface area contributed by atoms with E-state index in [4.69, 9.17) is 33.7 Å². The van der Waals surface area contributed by atoms with Crippen molar-refractivity contribution in [3.05, 3.63) is 331 Å². The number of aromatic amines is 1. The summed E-state index contributed by atoms with van der Waals surface area (Å²) in [6.07, 6.45) is 7.40. The number of thiol groups is 1. The minimum absolute atomic E-state index is 0. The van der Waals surface area contributed by atoms with Gasteiger partial charge in [0.15, 0.2) is 0 Å². The number of fused-ring (bicyclic) bond motifs is 5. The average Bonchev–Trinajstić information content (AvgIpc) is 1.63. The molecule has 4 fully saturated rings. The molecule has 5 aliphatic heterocycles. The summed E-state index contributed by atoms with van der Waals surface area (Å²) in [6.45, 7) is 36.0. The zero-order chi connectivity index (χ0) is 109. The summed E-state index contributed by atoms with van der Waals surface area (Å²) in [5.41, 5.74) is 12.4. The predicted octanol–water partition coefficient (Wildman–Crippen LogP) is 25.5. The van der Waals surface area contributed by atoms with E-state index < -0.39 is 25.1 Å². The topological polar surface area (TPSA) is 273 Å². The van der Waals surface area contributed by atoms with Gasteiger partial charge >= 0.3 is 57.4 Å². The minimum atomic E-state index is -3.04. The van der Waals surface area contributed by atoms with Crippen LogP contribution in [0.1, 0.15) is 118 Å². The number of piperazine rings is 4. The Hall–Kier alpha value is -12.0. The van der Waals surface area contributed by atoms with Gasteiger partial charge in [0.05, 0.1) is 24.0 Å². The monoisotopic (exact) mass is 2350 g/mol. The molecule has 1 radical (unpaired) electrons. The summed E-state index contributed by atoms with van der Waals surface area (Å²) < 4.78 is 112. The molecule has 0 saturated carbocycles. The fraction of sp³-hybridized carbons (Fsp3) is 0.342. The van der Waals surface area contributed by atoms with E-state index in [1.807, 2.05) is 174 Å². The summed E-state index contributed by atoms with van der Waals surface area (Å²) in [5.74, 6) is -1.10. The van der Waals surface area contributed by atoms with Gasteiger partial charge in [0.25, 0.3) is 0 Å². The molecule has 150 heavy (non-hydrogen) atoms. The molecule has 0 spiro atoms. The van der Waals surface area contributed by atoms with Gasteiger partial charge in [-0.2, -0.15) is 0 Å². The largest absolute Gasteiger partial charge is 0 e. The number of nitrogens with one attached hydrogen (secondary N) is 2. The van der Waals surface area contributed by atoms with Crippen LogP contribution >= 0.6 is 84.8 Å². The fourth-order valence-corrected chi connectivity index (χ4v) is 19.0. The standard InChI is InChI=1S/C24H27BrFN3O2.C24H28FN3O3.C24H28FN3O2.C15H11BrFN.C9H18N2O2.C8H6BrN.C7H6BrF.BHNS.HO4P.H2/c1-24(2,3)31-23(30)28-12-10-27(11-13-28)20-8-5-9-21-22(20)19(25)16-29(21)15-17-6-4-7-18(26)14-17;1-24(2,3)31-23(30)27-12-10-26(11-13-27)20-8-5-9-21-19(20)15-22(29)28(21)16-17-6-4-7-18(25)14-17;1-24(2,3)30-23(29)27-14-12-26(13-15-27)21-8-5-9-22-20(21)10-11-28(22)17-18-6-4-7-19(25)16-18;16-14-5-2-6-15-13(14)7-8-18(15)10-11-3-1-4-12(17)9-11;1-9(2,3)13-8(12)11-6-4-10-5-7-11;9-7-2-1-3-8-6(7)4-5-10-8;8-5-6-2-1-3-7(9)4-6;1-2-3;1-4-5(2)3;/h4-9,14,16H,10-13,15H2,1-3H3;4-9,14H,10-13,15-16H2,1-3H3;4-11,16H,12-15,17H2,1-3H3;1-9H,10H2;10H,4-7H2,1-3H3;1-5,10H;1-4H,5H2;3H;1H;1H. The predicted molar refractivity (Wildman–Crippen MR) is 602 cm³/mol.